The Morgan fingerprint density at radius 1 is 1.05 bits per heavy atom. The normalized spacial score (nSPS) is 11.7. The predicted molar refractivity (Wildman–Crippen MR) is 78.3 cm³/mol. The van der Waals surface area contributed by atoms with Crippen LogP contribution in [0.5, 0.6) is 0 Å². The van der Waals surface area contributed by atoms with Crippen molar-refractivity contribution in [3.8, 4) is 0 Å². The third kappa shape index (κ3) is 6.04. The third-order valence-corrected chi connectivity index (χ3v) is 3.45. The van der Waals surface area contributed by atoms with Gasteiger partial charge in [-0.05, 0) is 24.6 Å². The van der Waals surface area contributed by atoms with Gasteiger partial charge in [-0.3, -0.25) is 0 Å². The van der Waals surface area contributed by atoms with E-state index in [4.69, 9.17) is 11.6 Å². The number of unbranched alkanes of at least 4 members (excludes halogenated alkanes) is 5. The van der Waals surface area contributed by atoms with E-state index in [0.29, 0.717) is 5.69 Å². The Bertz CT molecular complexity index is 405. The average Bonchev–Trinajstić information content (AvgIpc) is 2.38. The van der Waals surface area contributed by atoms with Crippen molar-refractivity contribution in [1.82, 2.24) is 0 Å². The number of rotatable bonds is 8. The molecule has 5 heteroatoms. The fraction of sp³-hybridized carbons (Fsp3) is 0.600. The monoisotopic (exact) mass is 307 g/mol. The molecule has 0 heterocycles. The van der Waals surface area contributed by atoms with Crippen molar-refractivity contribution < 1.29 is 13.2 Å². The maximum Gasteiger partial charge on any atom is 0.416 e. The highest BCUT2D eigenvalue weighted by atomic mass is 35.5. The molecule has 0 saturated carbocycles. The van der Waals surface area contributed by atoms with E-state index in [-0.39, 0.29) is 5.02 Å². The summed E-state index contributed by atoms with van der Waals surface area (Å²) < 4.78 is 37.4. The van der Waals surface area contributed by atoms with Crippen LogP contribution in [0, 0.1) is 0 Å². The van der Waals surface area contributed by atoms with Crippen molar-refractivity contribution >= 4 is 17.3 Å². The van der Waals surface area contributed by atoms with Gasteiger partial charge >= 0.3 is 6.18 Å². The van der Waals surface area contributed by atoms with E-state index in [1.807, 2.05) is 0 Å². The molecule has 0 radical (unpaired) electrons. The van der Waals surface area contributed by atoms with E-state index in [2.05, 4.69) is 12.2 Å². The summed E-state index contributed by atoms with van der Waals surface area (Å²) in [6.07, 6.45) is 2.72. The molecule has 0 fully saturated rings. The quantitative estimate of drug-likeness (QED) is 0.569. The first-order valence-corrected chi connectivity index (χ1v) is 7.43. The van der Waals surface area contributed by atoms with Crippen LogP contribution in [0.4, 0.5) is 18.9 Å². The van der Waals surface area contributed by atoms with Gasteiger partial charge in [0.05, 0.1) is 16.3 Å². The van der Waals surface area contributed by atoms with Crippen molar-refractivity contribution in [2.75, 3.05) is 11.9 Å². The van der Waals surface area contributed by atoms with Gasteiger partial charge in [0.1, 0.15) is 0 Å². The summed E-state index contributed by atoms with van der Waals surface area (Å²) in [5, 5.41) is 3.20. The highest BCUT2D eigenvalue weighted by Gasteiger charge is 2.30. The Balaban J connectivity index is 2.34. The summed E-state index contributed by atoms with van der Waals surface area (Å²) in [5.41, 5.74) is -0.152. The standard InChI is InChI=1S/C15H21ClF3N/c1-2-3-4-5-6-7-10-20-14-9-8-12(11-13(14)16)15(17,18)19/h8-9,11,20H,2-7,10H2,1H3. The summed E-state index contributed by atoms with van der Waals surface area (Å²) in [7, 11) is 0. The molecule has 0 aliphatic carbocycles. The number of hydrogen-bond acceptors (Lipinski definition) is 1. The van der Waals surface area contributed by atoms with Crippen LogP contribution in [0.2, 0.25) is 5.02 Å². The van der Waals surface area contributed by atoms with Crippen molar-refractivity contribution in [3.63, 3.8) is 0 Å². The minimum absolute atomic E-state index is 0.116. The minimum Gasteiger partial charge on any atom is -0.384 e. The van der Waals surface area contributed by atoms with E-state index in [9.17, 15) is 13.2 Å². The third-order valence-electron chi connectivity index (χ3n) is 3.14. The first kappa shape index (κ1) is 17.2. The predicted octanol–water partition coefficient (Wildman–Crippen LogP) is 6.13. The summed E-state index contributed by atoms with van der Waals surface area (Å²) in [5.74, 6) is 0. The van der Waals surface area contributed by atoms with E-state index in [0.717, 1.165) is 31.5 Å². The molecule has 0 aromatic heterocycles. The lowest BCUT2D eigenvalue weighted by atomic mass is 10.1. The number of benzene rings is 1. The molecule has 0 bridgehead atoms. The number of alkyl halides is 3. The maximum atomic E-state index is 12.5. The van der Waals surface area contributed by atoms with Gasteiger partial charge in [-0.1, -0.05) is 50.6 Å². The molecule has 1 nitrogen and oxygen atoms in total. The molecule has 1 rings (SSSR count). The van der Waals surface area contributed by atoms with Crippen LogP contribution in [0.25, 0.3) is 0 Å². The van der Waals surface area contributed by atoms with Gasteiger partial charge in [0.15, 0.2) is 0 Å². The fourth-order valence-corrected chi connectivity index (χ4v) is 2.21. The summed E-state index contributed by atoms with van der Waals surface area (Å²) >= 11 is 5.85. The molecule has 1 aromatic carbocycles. The summed E-state index contributed by atoms with van der Waals surface area (Å²) in [4.78, 5) is 0. The molecule has 0 aliphatic heterocycles. The topological polar surface area (TPSA) is 12.0 Å². The lowest BCUT2D eigenvalue weighted by Gasteiger charge is -2.11. The van der Waals surface area contributed by atoms with Gasteiger partial charge in [0.25, 0.3) is 0 Å². The van der Waals surface area contributed by atoms with Crippen LogP contribution < -0.4 is 5.32 Å². The zero-order valence-corrected chi connectivity index (χ0v) is 12.4. The van der Waals surface area contributed by atoms with Crippen molar-refractivity contribution in [1.29, 1.82) is 0 Å². The van der Waals surface area contributed by atoms with E-state index in [1.165, 1.54) is 31.7 Å². The lowest BCUT2D eigenvalue weighted by molar-refractivity contribution is -0.137. The molecule has 20 heavy (non-hydrogen) atoms. The molecule has 0 saturated heterocycles. The van der Waals surface area contributed by atoms with Gasteiger partial charge in [0.2, 0.25) is 0 Å². The minimum atomic E-state index is -4.35. The number of anilines is 1. The van der Waals surface area contributed by atoms with Gasteiger partial charge in [-0.25, -0.2) is 0 Å². The van der Waals surface area contributed by atoms with Crippen molar-refractivity contribution in [2.45, 2.75) is 51.6 Å². The van der Waals surface area contributed by atoms with Crippen LogP contribution in [-0.4, -0.2) is 6.54 Å². The van der Waals surface area contributed by atoms with Crippen LogP contribution in [0.15, 0.2) is 18.2 Å². The molecule has 0 unspecified atom stereocenters. The molecular formula is C15H21ClF3N. The van der Waals surface area contributed by atoms with Gasteiger partial charge in [-0.15, -0.1) is 0 Å². The summed E-state index contributed by atoms with van der Waals surface area (Å²) in [6.45, 7) is 2.91. The largest absolute Gasteiger partial charge is 0.416 e. The Morgan fingerprint density at radius 3 is 2.30 bits per heavy atom. The molecule has 0 aliphatic rings. The Labute approximate surface area is 123 Å². The van der Waals surface area contributed by atoms with E-state index < -0.39 is 11.7 Å². The second-order valence-electron chi connectivity index (χ2n) is 4.89. The van der Waals surface area contributed by atoms with Crippen LogP contribution in [0.3, 0.4) is 0 Å². The first-order valence-electron chi connectivity index (χ1n) is 7.05. The highest BCUT2D eigenvalue weighted by Crippen LogP contribution is 2.33. The second-order valence-corrected chi connectivity index (χ2v) is 5.29. The first-order chi connectivity index (χ1) is 9.45. The number of hydrogen-bond donors (Lipinski definition) is 1. The van der Waals surface area contributed by atoms with Gasteiger partial charge in [0, 0.05) is 6.54 Å². The zero-order chi connectivity index (χ0) is 15.0. The molecule has 0 spiro atoms. The molecule has 0 atom stereocenters. The van der Waals surface area contributed by atoms with Crippen LogP contribution in [0.1, 0.15) is 51.0 Å². The lowest BCUT2D eigenvalue weighted by Crippen LogP contribution is -2.06. The Hall–Kier alpha value is -0.900. The molecule has 0 amide bonds. The fourth-order valence-electron chi connectivity index (χ4n) is 1.96. The smallest absolute Gasteiger partial charge is 0.384 e. The Morgan fingerprint density at radius 2 is 1.70 bits per heavy atom. The SMILES string of the molecule is CCCCCCCCNc1ccc(C(F)(F)F)cc1Cl. The zero-order valence-electron chi connectivity index (χ0n) is 11.7. The van der Waals surface area contributed by atoms with E-state index in [1.54, 1.807) is 0 Å². The number of nitrogens with one attached hydrogen (secondary N) is 1. The van der Waals surface area contributed by atoms with Crippen molar-refractivity contribution in [3.05, 3.63) is 28.8 Å². The molecular weight excluding hydrogens is 287 g/mol. The highest BCUT2D eigenvalue weighted by molar-refractivity contribution is 6.33. The summed E-state index contributed by atoms with van der Waals surface area (Å²) in [6, 6.07) is 3.41. The molecule has 1 aromatic rings. The molecule has 114 valence electrons. The van der Waals surface area contributed by atoms with Gasteiger partial charge in [-0.2, -0.15) is 13.2 Å². The number of halogens is 4. The Kier molecular flexibility index (Phi) is 7.20. The van der Waals surface area contributed by atoms with Crippen molar-refractivity contribution in [2.24, 2.45) is 0 Å². The second kappa shape index (κ2) is 8.40. The van der Waals surface area contributed by atoms with Crippen LogP contribution >= 0.6 is 11.6 Å². The van der Waals surface area contributed by atoms with Gasteiger partial charge < -0.3 is 5.32 Å². The maximum absolute atomic E-state index is 12.5. The molecule has 1 N–H and O–H groups in total. The average molecular weight is 308 g/mol. The van der Waals surface area contributed by atoms with E-state index >= 15 is 0 Å². The van der Waals surface area contributed by atoms with Crippen LogP contribution in [-0.2, 0) is 6.18 Å².